The highest BCUT2D eigenvalue weighted by Crippen LogP contribution is 2.33. The molecule has 1 heterocycles. The Bertz CT molecular complexity index is 830. The fourth-order valence-corrected chi connectivity index (χ4v) is 4.64. The average Bonchev–Trinajstić information content (AvgIpc) is 3.45. The lowest BCUT2D eigenvalue weighted by atomic mass is 9.96. The minimum atomic E-state index is -1.00. The monoisotopic (exact) mass is 444 g/mol. The predicted molar refractivity (Wildman–Crippen MR) is 128 cm³/mol. The topological polar surface area (TPSA) is 87.4 Å². The Morgan fingerprint density at radius 2 is 1.97 bits per heavy atom. The molecular formula is C23H36N6OS. The van der Waals surface area contributed by atoms with Crippen molar-refractivity contribution in [3.05, 3.63) is 41.7 Å². The summed E-state index contributed by atoms with van der Waals surface area (Å²) in [5.41, 5.74) is -0.138. The van der Waals surface area contributed by atoms with Crippen LogP contribution in [0.1, 0.15) is 63.4 Å². The average molecular weight is 445 g/mol. The molecule has 3 rings (SSSR count). The molecule has 0 bridgehead atoms. The molecule has 1 fully saturated rings. The van der Waals surface area contributed by atoms with E-state index in [2.05, 4.69) is 36.6 Å². The van der Waals surface area contributed by atoms with Crippen LogP contribution in [-0.4, -0.2) is 51.7 Å². The van der Waals surface area contributed by atoms with Crippen LogP contribution in [0.3, 0.4) is 0 Å². The molecule has 0 aliphatic heterocycles. The maximum Gasteiger partial charge on any atom is 0.191 e. The van der Waals surface area contributed by atoms with Gasteiger partial charge in [-0.05, 0) is 44.9 Å². The van der Waals surface area contributed by atoms with Gasteiger partial charge in [-0.1, -0.05) is 54.9 Å². The Balaban J connectivity index is 1.54. The normalized spacial score (nSPS) is 17.0. The van der Waals surface area contributed by atoms with E-state index in [4.69, 9.17) is 0 Å². The molecule has 170 valence electrons. The van der Waals surface area contributed by atoms with Gasteiger partial charge in [0.2, 0.25) is 0 Å². The van der Waals surface area contributed by atoms with Crippen LogP contribution in [0.25, 0.3) is 0 Å². The number of rotatable bonds is 10. The molecule has 1 aromatic carbocycles. The van der Waals surface area contributed by atoms with Gasteiger partial charge in [-0.2, -0.15) is 0 Å². The Kier molecular flexibility index (Phi) is 8.78. The van der Waals surface area contributed by atoms with Crippen molar-refractivity contribution in [1.29, 1.82) is 0 Å². The van der Waals surface area contributed by atoms with Crippen LogP contribution in [-0.2, 0) is 12.0 Å². The number of nitrogens with one attached hydrogen (secondary N) is 2. The number of aromatic nitrogens is 3. The third kappa shape index (κ3) is 6.46. The highest BCUT2D eigenvalue weighted by Gasteiger charge is 2.24. The number of thioether (sulfide) groups is 1. The van der Waals surface area contributed by atoms with Crippen molar-refractivity contribution < 1.29 is 5.11 Å². The highest BCUT2D eigenvalue weighted by atomic mass is 32.2. The number of benzene rings is 1. The minimum Gasteiger partial charge on any atom is -0.384 e. The van der Waals surface area contributed by atoms with Gasteiger partial charge >= 0.3 is 0 Å². The van der Waals surface area contributed by atoms with Crippen molar-refractivity contribution in [2.75, 3.05) is 25.9 Å². The molecule has 1 aliphatic rings. The summed E-state index contributed by atoms with van der Waals surface area (Å²) < 4.78 is 2.37. The van der Waals surface area contributed by atoms with E-state index in [-0.39, 0.29) is 0 Å². The van der Waals surface area contributed by atoms with Gasteiger partial charge < -0.3 is 20.3 Å². The molecule has 1 saturated carbocycles. The Hall–Kier alpha value is -2.06. The van der Waals surface area contributed by atoms with Crippen LogP contribution in [0, 0.1) is 0 Å². The summed E-state index contributed by atoms with van der Waals surface area (Å²) in [6.45, 7) is 5.69. The molecule has 1 aliphatic carbocycles. The maximum absolute atomic E-state index is 10.8. The summed E-state index contributed by atoms with van der Waals surface area (Å²) in [7, 11) is 0. The minimum absolute atomic E-state index is 0.291. The van der Waals surface area contributed by atoms with Crippen molar-refractivity contribution in [2.24, 2.45) is 4.99 Å². The van der Waals surface area contributed by atoms with Gasteiger partial charge in [0.05, 0.1) is 6.54 Å². The molecule has 3 N–H and O–H groups in total. The number of aliphatic hydroxyl groups is 1. The fraction of sp³-hybridized carbons (Fsp3) is 0.609. The van der Waals surface area contributed by atoms with Gasteiger partial charge in [0.1, 0.15) is 11.4 Å². The van der Waals surface area contributed by atoms with Gasteiger partial charge in [0, 0.05) is 25.6 Å². The van der Waals surface area contributed by atoms with Crippen LogP contribution in [0.2, 0.25) is 0 Å². The molecule has 0 saturated heterocycles. The lowest BCUT2D eigenvalue weighted by Gasteiger charge is -2.22. The molecule has 2 aromatic rings. The summed E-state index contributed by atoms with van der Waals surface area (Å²) in [6.07, 6.45) is 8.96. The molecule has 0 spiro atoms. The number of hydrogen-bond acceptors (Lipinski definition) is 5. The predicted octanol–water partition coefficient (Wildman–Crippen LogP) is 3.51. The number of aryl methyl sites for hydroxylation is 1. The van der Waals surface area contributed by atoms with E-state index in [0.29, 0.717) is 12.6 Å². The second-order valence-corrected chi connectivity index (χ2v) is 9.05. The Morgan fingerprint density at radius 3 is 2.65 bits per heavy atom. The molecule has 0 radical (unpaired) electrons. The zero-order chi connectivity index (χ0) is 22.1. The quantitative estimate of drug-likeness (QED) is 0.225. The van der Waals surface area contributed by atoms with E-state index in [9.17, 15) is 5.11 Å². The lowest BCUT2D eigenvalue weighted by molar-refractivity contribution is 0.0672. The number of guanidine groups is 1. The number of hydrogen-bond donors (Lipinski definition) is 3. The zero-order valence-electron chi connectivity index (χ0n) is 19.0. The fourth-order valence-electron chi connectivity index (χ4n) is 4.06. The first kappa shape index (κ1) is 23.6. The maximum atomic E-state index is 10.8. The van der Waals surface area contributed by atoms with Gasteiger partial charge in [-0.15, -0.1) is 10.2 Å². The third-order valence-corrected chi connectivity index (χ3v) is 6.41. The Labute approximate surface area is 190 Å². The van der Waals surface area contributed by atoms with Gasteiger partial charge in [-0.25, -0.2) is 4.99 Å². The zero-order valence-corrected chi connectivity index (χ0v) is 19.8. The first-order valence-electron chi connectivity index (χ1n) is 11.3. The second kappa shape index (κ2) is 11.5. The van der Waals surface area contributed by atoms with Crippen molar-refractivity contribution in [3.63, 3.8) is 0 Å². The first-order chi connectivity index (χ1) is 15.0. The molecule has 0 amide bonds. The summed E-state index contributed by atoms with van der Waals surface area (Å²) in [4.78, 5) is 4.61. The summed E-state index contributed by atoms with van der Waals surface area (Å²) in [5, 5.41) is 27.4. The first-order valence-corrected chi connectivity index (χ1v) is 12.6. The van der Waals surface area contributed by atoms with Crippen LogP contribution < -0.4 is 10.6 Å². The molecule has 1 atom stereocenters. The van der Waals surface area contributed by atoms with E-state index in [1.54, 1.807) is 18.7 Å². The molecule has 1 unspecified atom stereocenters. The lowest BCUT2D eigenvalue weighted by Crippen LogP contribution is -2.39. The number of aliphatic imine (C=N–C) groups is 1. The summed E-state index contributed by atoms with van der Waals surface area (Å²) in [5.74, 6) is 1.81. The standard InChI is InChI=1S/C23H36N6OS/c1-4-24-21(26-17-23(2,30)18-11-6-5-7-12-18)25-16-10-15-20-27-28-22(31-3)29(20)19-13-8-9-14-19/h5-7,11-12,19,30H,4,8-10,13-17H2,1-3H3,(H2,24,25,26). The van der Waals surface area contributed by atoms with E-state index < -0.39 is 5.60 Å². The van der Waals surface area contributed by atoms with Crippen molar-refractivity contribution in [1.82, 2.24) is 25.4 Å². The molecule has 8 heteroatoms. The number of nitrogens with zero attached hydrogens (tertiary/aromatic N) is 4. The SMILES string of the molecule is CCNC(=NCC(C)(O)c1ccccc1)NCCCc1nnc(SC)n1C1CCCC1. The largest absolute Gasteiger partial charge is 0.384 e. The highest BCUT2D eigenvalue weighted by molar-refractivity contribution is 7.98. The van der Waals surface area contributed by atoms with Gasteiger partial charge in [-0.3, -0.25) is 0 Å². The van der Waals surface area contributed by atoms with Crippen LogP contribution in [0.5, 0.6) is 0 Å². The van der Waals surface area contributed by atoms with E-state index in [0.717, 1.165) is 48.4 Å². The summed E-state index contributed by atoms with van der Waals surface area (Å²) >= 11 is 1.68. The summed E-state index contributed by atoms with van der Waals surface area (Å²) in [6, 6.07) is 10.2. The van der Waals surface area contributed by atoms with Gasteiger partial charge in [0.15, 0.2) is 11.1 Å². The smallest absolute Gasteiger partial charge is 0.191 e. The molecular weight excluding hydrogens is 408 g/mol. The van der Waals surface area contributed by atoms with Crippen molar-refractivity contribution >= 4 is 17.7 Å². The van der Waals surface area contributed by atoms with E-state index >= 15 is 0 Å². The van der Waals surface area contributed by atoms with Crippen molar-refractivity contribution in [3.8, 4) is 0 Å². The van der Waals surface area contributed by atoms with Crippen molar-refractivity contribution in [2.45, 2.75) is 69.2 Å². The Morgan fingerprint density at radius 1 is 1.23 bits per heavy atom. The van der Waals surface area contributed by atoms with Crippen LogP contribution >= 0.6 is 11.8 Å². The van der Waals surface area contributed by atoms with Crippen LogP contribution in [0.4, 0.5) is 0 Å². The van der Waals surface area contributed by atoms with E-state index in [1.165, 1.54) is 25.7 Å². The van der Waals surface area contributed by atoms with Gasteiger partial charge in [0.25, 0.3) is 0 Å². The molecule has 1 aromatic heterocycles. The third-order valence-electron chi connectivity index (χ3n) is 5.76. The van der Waals surface area contributed by atoms with E-state index in [1.807, 2.05) is 37.3 Å². The molecule has 7 nitrogen and oxygen atoms in total. The molecule has 31 heavy (non-hydrogen) atoms. The second-order valence-electron chi connectivity index (χ2n) is 8.28. The van der Waals surface area contributed by atoms with Crippen LogP contribution in [0.15, 0.2) is 40.5 Å².